The summed E-state index contributed by atoms with van der Waals surface area (Å²) in [7, 11) is 0. The van der Waals surface area contributed by atoms with Gasteiger partial charge in [0.25, 0.3) is 5.91 Å². The van der Waals surface area contributed by atoms with Crippen LogP contribution in [-0.2, 0) is 17.8 Å². The number of anilines is 1. The number of carbonyl (C=O) groups excluding carboxylic acids is 1. The Morgan fingerprint density at radius 1 is 1.00 bits per heavy atom. The third kappa shape index (κ3) is 3.82. The van der Waals surface area contributed by atoms with Crippen molar-refractivity contribution >= 4 is 17.6 Å². The van der Waals surface area contributed by atoms with Crippen LogP contribution in [0, 0.1) is 0 Å². The highest BCUT2D eigenvalue weighted by atomic mass is 16.4. The summed E-state index contributed by atoms with van der Waals surface area (Å²) in [6, 6.07) is 13.9. The monoisotopic (exact) mass is 284 g/mol. The summed E-state index contributed by atoms with van der Waals surface area (Å²) in [6.07, 6.45) is -0.0699. The largest absolute Gasteiger partial charge is 0.481 e. The Morgan fingerprint density at radius 2 is 1.62 bits per heavy atom. The van der Waals surface area contributed by atoms with Crippen molar-refractivity contribution in [2.24, 2.45) is 0 Å². The van der Waals surface area contributed by atoms with E-state index < -0.39 is 5.97 Å². The van der Waals surface area contributed by atoms with E-state index in [2.05, 4.69) is 5.32 Å². The second-order valence-electron chi connectivity index (χ2n) is 4.61. The molecule has 0 aliphatic carbocycles. The molecule has 0 fully saturated rings. The standard InChI is InChI=1S/C16H16N2O3/c17-14-8-4-3-7-13(14)16(21)18-10-12-6-2-1-5-11(12)9-15(19)20/h1-8H,9-10,17H2,(H,18,21)(H,19,20). The third-order valence-electron chi connectivity index (χ3n) is 3.10. The average molecular weight is 284 g/mol. The van der Waals surface area contributed by atoms with Crippen molar-refractivity contribution in [3.05, 3.63) is 65.2 Å². The molecule has 0 saturated carbocycles. The van der Waals surface area contributed by atoms with Gasteiger partial charge < -0.3 is 16.2 Å². The summed E-state index contributed by atoms with van der Waals surface area (Å²) in [6.45, 7) is 0.261. The Balaban J connectivity index is 2.08. The predicted octanol–water partition coefficient (Wildman–Crippen LogP) is 1.83. The summed E-state index contributed by atoms with van der Waals surface area (Å²) >= 11 is 0. The van der Waals surface area contributed by atoms with E-state index in [0.717, 1.165) is 5.56 Å². The van der Waals surface area contributed by atoms with E-state index >= 15 is 0 Å². The van der Waals surface area contributed by atoms with Crippen LogP contribution >= 0.6 is 0 Å². The Morgan fingerprint density at radius 3 is 2.29 bits per heavy atom. The number of carbonyl (C=O) groups is 2. The van der Waals surface area contributed by atoms with Gasteiger partial charge in [0.05, 0.1) is 12.0 Å². The molecule has 0 unspecified atom stereocenters. The molecule has 0 radical (unpaired) electrons. The zero-order chi connectivity index (χ0) is 15.2. The van der Waals surface area contributed by atoms with Crippen LogP contribution in [0.3, 0.4) is 0 Å². The van der Waals surface area contributed by atoms with Gasteiger partial charge in [-0.05, 0) is 23.3 Å². The van der Waals surface area contributed by atoms with Gasteiger partial charge in [-0.15, -0.1) is 0 Å². The van der Waals surface area contributed by atoms with E-state index in [1.165, 1.54) is 0 Å². The van der Waals surface area contributed by atoms with Crippen molar-refractivity contribution in [3.63, 3.8) is 0 Å². The van der Waals surface area contributed by atoms with Crippen LogP contribution in [-0.4, -0.2) is 17.0 Å². The Labute approximate surface area is 122 Å². The van der Waals surface area contributed by atoms with Crippen molar-refractivity contribution < 1.29 is 14.7 Å². The number of aliphatic carboxylic acids is 1. The Hall–Kier alpha value is -2.82. The van der Waals surface area contributed by atoms with Crippen molar-refractivity contribution in [2.75, 3.05) is 5.73 Å². The fraction of sp³-hybridized carbons (Fsp3) is 0.125. The maximum Gasteiger partial charge on any atom is 0.307 e. The molecule has 0 aliphatic rings. The van der Waals surface area contributed by atoms with Gasteiger partial charge in [-0.25, -0.2) is 0 Å². The molecule has 108 valence electrons. The lowest BCUT2D eigenvalue weighted by molar-refractivity contribution is -0.136. The summed E-state index contributed by atoms with van der Waals surface area (Å²) < 4.78 is 0. The first kappa shape index (κ1) is 14.6. The van der Waals surface area contributed by atoms with Gasteiger partial charge in [0.2, 0.25) is 0 Å². The highest BCUT2D eigenvalue weighted by Crippen LogP contribution is 2.12. The highest BCUT2D eigenvalue weighted by Gasteiger charge is 2.10. The first-order valence-electron chi connectivity index (χ1n) is 6.49. The summed E-state index contributed by atoms with van der Waals surface area (Å²) in [5.74, 6) is -1.18. The predicted molar refractivity (Wildman–Crippen MR) is 79.8 cm³/mol. The molecule has 0 bridgehead atoms. The maximum atomic E-state index is 12.1. The van der Waals surface area contributed by atoms with Crippen LogP contribution in [0.15, 0.2) is 48.5 Å². The van der Waals surface area contributed by atoms with E-state index in [-0.39, 0.29) is 18.9 Å². The first-order chi connectivity index (χ1) is 10.1. The van der Waals surface area contributed by atoms with Crippen LogP contribution in [0.5, 0.6) is 0 Å². The van der Waals surface area contributed by atoms with Crippen molar-refractivity contribution in [2.45, 2.75) is 13.0 Å². The van der Waals surface area contributed by atoms with Gasteiger partial charge in [-0.2, -0.15) is 0 Å². The lowest BCUT2D eigenvalue weighted by Gasteiger charge is -2.10. The van der Waals surface area contributed by atoms with Crippen LogP contribution in [0.4, 0.5) is 5.69 Å². The average Bonchev–Trinajstić information content (AvgIpc) is 2.46. The topological polar surface area (TPSA) is 92.4 Å². The molecule has 2 aromatic rings. The Kier molecular flexibility index (Phi) is 4.56. The minimum atomic E-state index is -0.902. The van der Waals surface area contributed by atoms with Crippen molar-refractivity contribution in [1.82, 2.24) is 5.32 Å². The number of carboxylic acid groups (broad SMARTS) is 1. The van der Waals surface area contributed by atoms with Crippen molar-refractivity contribution in [1.29, 1.82) is 0 Å². The molecular weight excluding hydrogens is 268 g/mol. The number of hydrogen-bond donors (Lipinski definition) is 3. The fourth-order valence-electron chi connectivity index (χ4n) is 2.04. The van der Waals surface area contributed by atoms with E-state index in [1.807, 2.05) is 6.07 Å². The van der Waals surface area contributed by atoms with Crippen LogP contribution in [0.25, 0.3) is 0 Å². The van der Waals surface area contributed by atoms with E-state index in [0.29, 0.717) is 16.8 Å². The van der Waals surface area contributed by atoms with E-state index in [1.54, 1.807) is 42.5 Å². The van der Waals surface area contributed by atoms with Gasteiger partial charge in [-0.3, -0.25) is 9.59 Å². The number of amides is 1. The molecule has 5 heteroatoms. The number of nitrogen functional groups attached to an aromatic ring is 1. The van der Waals surface area contributed by atoms with Crippen LogP contribution < -0.4 is 11.1 Å². The van der Waals surface area contributed by atoms with E-state index in [9.17, 15) is 9.59 Å². The summed E-state index contributed by atoms with van der Waals surface area (Å²) in [5.41, 5.74) is 8.04. The minimum absolute atomic E-state index is 0.0699. The molecule has 4 N–H and O–H groups in total. The molecule has 0 aliphatic heterocycles. The molecule has 0 saturated heterocycles. The molecule has 2 rings (SSSR count). The van der Waals surface area contributed by atoms with Gasteiger partial charge in [-0.1, -0.05) is 36.4 Å². The zero-order valence-corrected chi connectivity index (χ0v) is 11.4. The second kappa shape index (κ2) is 6.56. The van der Waals surface area contributed by atoms with Gasteiger partial charge in [0.1, 0.15) is 0 Å². The van der Waals surface area contributed by atoms with Gasteiger partial charge >= 0.3 is 5.97 Å². The molecule has 0 aromatic heterocycles. The molecule has 5 nitrogen and oxygen atoms in total. The normalized spacial score (nSPS) is 10.1. The lowest BCUT2D eigenvalue weighted by Crippen LogP contribution is -2.24. The first-order valence-corrected chi connectivity index (χ1v) is 6.49. The number of rotatable bonds is 5. The SMILES string of the molecule is Nc1ccccc1C(=O)NCc1ccccc1CC(=O)O. The van der Waals surface area contributed by atoms with Crippen molar-refractivity contribution in [3.8, 4) is 0 Å². The second-order valence-corrected chi connectivity index (χ2v) is 4.61. The summed E-state index contributed by atoms with van der Waals surface area (Å²) in [5, 5.41) is 11.6. The quantitative estimate of drug-likeness (QED) is 0.730. The van der Waals surface area contributed by atoms with Gasteiger partial charge in [0, 0.05) is 12.2 Å². The molecule has 0 spiro atoms. The van der Waals surface area contributed by atoms with Gasteiger partial charge in [0.15, 0.2) is 0 Å². The number of carboxylic acids is 1. The third-order valence-corrected chi connectivity index (χ3v) is 3.10. The molecular formula is C16H16N2O3. The molecule has 1 amide bonds. The number of para-hydroxylation sites is 1. The molecule has 0 atom stereocenters. The minimum Gasteiger partial charge on any atom is -0.481 e. The van der Waals surface area contributed by atoms with Crippen LogP contribution in [0.2, 0.25) is 0 Å². The van der Waals surface area contributed by atoms with E-state index in [4.69, 9.17) is 10.8 Å². The number of hydrogen-bond acceptors (Lipinski definition) is 3. The summed E-state index contributed by atoms with van der Waals surface area (Å²) in [4.78, 5) is 22.9. The molecule has 0 heterocycles. The lowest BCUT2D eigenvalue weighted by atomic mass is 10.0. The number of benzene rings is 2. The zero-order valence-electron chi connectivity index (χ0n) is 11.4. The Bertz CT molecular complexity index is 668. The maximum absolute atomic E-state index is 12.1. The molecule has 2 aromatic carbocycles. The highest BCUT2D eigenvalue weighted by molar-refractivity contribution is 5.99. The molecule has 21 heavy (non-hydrogen) atoms. The number of nitrogens with two attached hydrogens (primary N) is 1. The smallest absolute Gasteiger partial charge is 0.307 e. The van der Waals surface area contributed by atoms with Crippen LogP contribution in [0.1, 0.15) is 21.5 Å². The number of nitrogens with one attached hydrogen (secondary N) is 1. The fourth-order valence-corrected chi connectivity index (χ4v) is 2.04.